The second kappa shape index (κ2) is 7.91. The van der Waals surface area contributed by atoms with Gasteiger partial charge in [0.1, 0.15) is 5.82 Å². The van der Waals surface area contributed by atoms with Crippen molar-refractivity contribution in [3.63, 3.8) is 0 Å². The number of hydrogen-bond acceptors (Lipinski definition) is 4. The molecule has 4 rings (SSSR count). The first kappa shape index (κ1) is 17.1. The number of rotatable bonds is 5. The van der Waals surface area contributed by atoms with Gasteiger partial charge in [-0.15, -0.1) is 0 Å². The molecule has 0 saturated carbocycles. The quantitative estimate of drug-likeness (QED) is 0.695. The van der Waals surface area contributed by atoms with Crippen molar-refractivity contribution < 1.29 is 4.79 Å². The van der Waals surface area contributed by atoms with Crippen molar-refractivity contribution in [3.05, 3.63) is 78.5 Å². The highest BCUT2D eigenvalue weighted by Gasteiger charge is 2.12. The predicted molar refractivity (Wildman–Crippen MR) is 110 cm³/mol. The van der Waals surface area contributed by atoms with E-state index in [9.17, 15) is 4.79 Å². The lowest BCUT2D eigenvalue weighted by atomic mass is 10.2. The Morgan fingerprint density at radius 1 is 0.852 bits per heavy atom. The molecular weight excluding hydrogens is 336 g/mol. The fourth-order valence-corrected chi connectivity index (χ4v) is 3.21. The molecule has 1 fully saturated rings. The summed E-state index contributed by atoms with van der Waals surface area (Å²) in [6, 6.07) is 21.4. The molecule has 2 aromatic carbocycles. The summed E-state index contributed by atoms with van der Waals surface area (Å²) in [5, 5.41) is 6.13. The average molecular weight is 358 g/mol. The Kier molecular flexibility index (Phi) is 5.01. The maximum absolute atomic E-state index is 12.3. The molecule has 2 N–H and O–H groups in total. The van der Waals surface area contributed by atoms with Crippen LogP contribution in [0, 0.1) is 0 Å². The number of pyridine rings is 1. The van der Waals surface area contributed by atoms with Crippen LogP contribution in [0.15, 0.2) is 72.9 Å². The summed E-state index contributed by atoms with van der Waals surface area (Å²) in [5.41, 5.74) is 3.53. The predicted octanol–water partition coefficient (Wildman–Crippen LogP) is 4.68. The van der Waals surface area contributed by atoms with E-state index in [0.717, 1.165) is 24.5 Å². The number of nitrogens with zero attached hydrogens (tertiary/aromatic N) is 2. The van der Waals surface area contributed by atoms with Crippen LogP contribution in [0.1, 0.15) is 23.2 Å². The Morgan fingerprint density at radius 3 is 2.26 bits per heavy atom. The van der Waals surface area contributed by atoms with Crippen LogP contribution in [0.4, 0.5) is 22.9 Å². The van der Waals surface area contributed by atoms with Crippen LogP contribution in [0.25, 0.3) is 0 Å². The first-order valence-corrected chi connectivity index (χ1v) is 9.22. The summed E-state index contributed by atoms with van der Waals surface area (Å²) in [6.45, 7) is 2.28. The highest BCUT2D eigenvalue weighted by molar-refractivity contribution is 6.04. The van der Waals surface area contributed by atoms with Crippen molar-refractivity contribution in [2.45, 2.75) is 12.8 Å². The molecular formula is C22H22N4O. The molecule has 5 nitrogen and oxygen atoms in total. The molecule has 0 radical (unpaired) electrons. The topological polar surface area (TPSA) is 57.3 Å². The Morgan fingerprint density at radius 2 is 1.59 bits per heavy atom. The first-order valence-electron chi connectivity index (χ1n) is 9.22. The number of anilines is 4. The minimum Gasteiger partial charge on any atom is -0.372 e. The van der Waals surface area contributed by atoms with Crippen LogP contribution in [-0.2, 0) is 0 Å². The summed E-state index contributed by atoms with van der Waals surface area (Å²) in [5.74, 6) is 0.537. The smallest absolute Gasteiger partial charge is 0.257 e. The molecule has 0 atom stereocenters. The van der Waals surface area contributed by atoms with Gasteiger partial charge < -0.3 is 15.5 Å². The molecule has 2 heterocycles. The molecule has 3 aromatic rings. The van der Waals surface area contributed by atoms with Crippen molar-refractivity contribution in [2.75, 3.05) is 28.6 Å². The summed E-state index contributed by atoms with van der Waals surface area (Å²) in [4.78, 5) is 19.0. The van der Waals surface area contributed by atoms with Gasteiger partial charge in [-0.1, -0.05) is 18.2 Å². The lowest BCUT2D eigenvalue weighted by molar-refractivity contribution is 0.102. The van der Waals surface area contributed by atoms with Crippen LogP contribution in [0.3, 0.4) is 0 Å². The van der Waals surface area contributed by atoms with E-state index in [1.165, 1.54) is 18.5 Å². The number of nitrogens with one attached hydrogen (secondary N) is 2. The van der Waals surface area contributed by atoms with Crippen LogP contribution in [0.5, 0.6) is 0 Å². The Hall–Kier alpha value is -3.34. The lowest BCUT2D eigenvalue weighted by Gasteiger charge is -2.17. The SMILES string of the molecule is O=C(Nc1ccccc1)c1ccc(Nc2ccc(N3CCCC3)cc2)nc1. The van der Waals surface area contributed by atoms with E-state index in [4.69, 9.17) is 0 Å². The zero-order chi connectivity index (χ0) is 18.5. The van der Waals surface area contributed by atoms with Crippen LogP contribution < -0.4 is 15.5 Å². The van der Waals surface area contributed by atoms with E-state index >= 15 is 0 Å². The third-order valence-electron chi connectivity index (χ3n) is 4.67. The second-order valence-corrected chi connectivity index (χ2v) is 6.62. The van der Waals surface area contributed by atoms with E-state index in [1.807, 2.05) is 36.4 Å². The molecule has 27 heavy (non-hydrogen) atoms. The lowest BCUT2D eigenvalue weighted by Crippen LogP contribution is -2.17. The monoisotopic (exact) mass is 358 g/mol. The number of carbonyl (C=O) groups excluding carboxylic acids is 1. The summed E-state index contributed by atoms with van der Waals surface area (Å²) < 4.78 is 0. The fourth-order valence-electron chi connectivity index (χ4n) is 3.21. The van der Waals surface area contributed by atoms with Gasteiger partial charge >= 0.3 is 0 Å². The first-order chi connectivity index (χ1) is 13.3. The maximum atomic E-state index is 12.3. The number of hydrogen-bond donors (Lipinski definition) is 2. The van der Waals surface area contributed by atoms with Gasteiger partial charge in [0, 0.05) is 36.3 Å². The average Bonchev–Trinajstić information content (AvgIpc) is 3.25. The molecule has 1 aromatic heterocycles. The number of aromatic nitrogens is 1. The van der Waals surface area contributed by atoms with Crippen molar-refractivity contribution in [1.82, 2.24) is 4.98 Å². The van der Waals surface area contributed by atoms with Gasteiger partial charge in [0.05, 0.1) is 5.56 Å². The zero-order valence-electron chi connectivity index (χ0n) is 15.1. The van der Waals surface area contributed by atoms with E-state index in [2.05, 4.69) is 44.8 Å². The fraction of sp³-hybridized carbons (Fsp3) is 0.182. The third-order valence-corrected chi connectivity index (χ3v) is 4.67. The van der Waals surface area contributed by atoms with Crippen molar-refractivity contribution in [3.8, 4) is 0 Å². The largest absolute Gasteiger partial charge is 0.372 e. The van der Waals surface area contributed by atoms with Crippen molar-refractivity contribution >= 4 is 28.8 Å². The van der Waals surface area contributed by atoms with Gasteiger partial charge in [-0.25, -0.2) is 4.98 Å². The van der Waals surface area contributed by atoms with E-state index < -0.39 is 0 Å². The highest BCUT2D eigenvalue weighted by atomic mass is 16.1. The summed E-state index contributed by atoms with van der Waals surface area (Å²) in [6.07, 6.45) is 4.13. The van der Waals surface area contributed by atoms with Crippen molar-refractivity contribution in [2.24, 2.45) is 0 Å². The van der Waals surface area contributed by atoms with Crippen LogP contribution in [-0.4, -0.2) is 24.0 Å². The molecule has 1 aliphatic heterocycles. The minimum absolute atomic E-state index is 0.171. The van der Waals surface area contributed by atoms with Gasteiger partial charge in [-0.2, -0.15) is 0 Å². The van der Waals surface area contributed by atoms with Gasteiger partial charge in [0.25, 0.3) is 5.91 Å². The zero-order valence-corrected chi connectivity index (χ0v) is 15.1. The van der Waals surface area contributed by atoms with Gasteiger partial charge in [-0.05, 0) is 61.4 Å². The molecule has 0 aliphatic carbocycles. The molecule has 1 amide bonds. The molecule has 136 valence electrons. The normalized spacial score (nSPS) is 13.4. The number of carbonyl (C=O) groups is 1. The van der Waals surface area contributed by atoms with Gasteiger partial charge in [0.15, 0.2) is 0 Å². The third kappa shape index (κ3) is 4.26. The van der Waals surface area contributed by atoms with E-state index in [0.29, 0.717) is 11.4 Å². The summed E-state index contributed by atoms with van der Waals surface area (Å²) >= 11 is 0. The standard InChI is InChI=1S/C22H22N4O/c27-22(25-18-6-2-1-3-7-18)17-8-13-21(23-16-17)24-19-9-11-20(12-10-19)26-14-4-5-15-26/h1-3,6-13,16H,4-5,14-15H2,(H,23,24)(H,25,27). The minimum atomic E-state index is -0.171. The molecule has 1 saturated heterocycles. The van der Waals surface area contributed by atoms with Crippen LogP contribution >= 0.6 is 0 Å². The molecule has 0 bridgehead atoms. The highest BCUT2D eigenvalue weighted by Crippen LogP contribution is 2.23. The Balaban J connectivity index is 1.38. The molecule has 1 aliphatic rings. The maximum Gasteiger partial charge on any atom is 0.257 e. The van der Waals surface area contributed by atoms with Crippen LogP contribution in [0.2, 0.25) is 0 Å². The van der Waals surface area contributed by atoms with E-state index in [1.54, 1.807) is 12.3 Å². The second-order valence-electron chi connectivity index (χ2n) is 6.62. The summed E-state index contributed by atoms with van der Waals surface area (Å²) in [7, 11) is 0. The molecule has 0 unspecified atom stereocenters. The van der Waals surface area contributed by atoms with Gasteiger partial charge in [-0.3, -0.25) is 4.79 Å². The van der Waals surface area contributed by atoms with Gasteiger partial charge in [0.2, 0.25) is 0 Å². The molecule has 0 spiro atoms. The van der Waals surface area contributed by atoms with E-state index in [-0.39, 0.29) is 5.91 Å². The number of amides is 1. The van der Waals surface area contributed by atoms with Crippen molar-refractivity contribution in [1.29, 1.82) is 0 Å². The Labute approximate surface area is 159 Å². The number of benzene rings is 2. The molecule has 5 heteroatoms. The Bertz CT molecular complexity index is 886. The number of para-hydroxylation sites is 1.